The molecule has 0 amide bonds. The van der Waals surface area contributed by atoms with Crippen molar-refractivity contribution >= 4 is 16.9 Å². The van der Waals surface area contributed by atoms with E-state index in [9.17, 15) is 0 Å². The molecule has 1 unspecified atom stereocenters. The number of anilines is 1. The Balaban J connectivity index is 1.94. The first-order valence-electron chi connectivity index (χ1n) is 6.92. The van der Waals surface area contributed by atoms with Crippen LogP contribution < -0.4 is 5.32 Å². The summed E-state index contributed by atoms with van der Waals surface area (Å²) in [4.78, 5) is 8.42. The molecule has 1 atom stereocenters. The summed E-state index contributed by atoms with van der Waals surface area (Å²) >= 11 is 0. The maximum atomic E-state index is 9.09. The summed E-state index contributed by atoms with van der Waals surface area (Å²) in [6, 6.07) is 11.8. The summed E-state index contributed by atoms with van der Waals surface area (Å²) in [5.74, 6) is 1.66. The minimum atomic E-state index is 0.141. The van der Waals surface area contributed by atoms with E-state index in [1.807, 2.05) is 43.3 Å². The summed E-state index contributed by atoms with van der Waals surface area (Å²) in [5.41, 5.74) is 1.56. The zero-order chi connectivity index (χ0) is 14.7. The van der Waals surface area contributed by atoms with Crippen LogP contribution in [0.4, 0.5) is 5.82 Å². The molecule has 2 heterocycles. The van der Waals surface area contributed by atoms with Crippen LogP contribution in [0.2, 0.25) is 0 Å². The fraction of sp³-hybridized carbons (Fsp3) is 0.250. The Kier molecular flexibility index (Phi) is 3.83. The molecule has 2 N–H and O–H groups in total. The Morgan fingerprint density at radius 3 is 2.81 bits per heavy atom. The molecule has 0 spiro atoms. The zero-order valence-electron chi connectivity index (χ0n) is 11.8. The number of benzene rings is 1. The molecular weight excluding hydrogens is 266 g/mol. The lowest BCUT2D eigenvalue weighted by Crippen LogP contribution is -2.15. The number of aromatic nitrogens is 2. The van der Waals surface area contributed by atoms with Crippen LogP contribution >= 0.6 is 0 Å². The van der Waals surface area contributed by atoms with Crippen LogP contribution in [0.5, 0.6) is 0 Å². The number of aliphatic hydroxyl groups is 1. The van der Waals surface area contributed by atoms with Gasteiger partial charge in [0.15, 0.2) is 0 Å². The molecule has 0 saturated heterocycles. The summed E-state index contributed by atoms with van der Waals surface area (Å²) < 4.78 is 5.79. The third kappa shape index (κ3) is 2.87. The number of nitrogens with one attached hydrogen (secondary N) is 1. The van der Waals surface area contributed by atoms with Crippen molar-refractivity contribution in [2.75, 3.05) is 18.5 Å². The van der Waals surface area contributed by atoms with Crippen molar-refractivity contribution in [3.05, 3.63) is 42.7 Å². The lowest BCUT2D eigenvalue weighted by molar-refractivity contribution is 0.244. The van der Waals surface area contributed by atoms with Gasteiger partial charge in [-0.15, -0.1) is 0 Å². The van der Waals surface area contributed by atoms with Gasteiger partial charge in [0.1, 0.15) is 17.9 Å². The molecule has 1 aromatic carbocycles. The number of aliphatic hydroxyl groups excluding tert-OH is 1. The second-order valence-corrected chi connectivity index (χ2v) is 5.09. The monoisotopic (exact) mass is 283 g/mol. The van der Waals surface area contributed by atoms with Gasteiger partial charge in [-0.3, -0.25) is 0 Å². The standard InChI is InChI=1S/C16H17N3O2/c1-11(9-20)8-17-15-13-7-14(12-5-3-2-4-6-12)21-16(13)19-10-18-15/h2-7,10-11,20H,8-9H2,1H3,(H,17,18,19). The van der Waals surface area contributed by atoms with Crippen LogP contribution in [0.15, 0.2) is 47.1 Å². The van der Waals surface area contributed by atoms with Crippen molar-refractivity contribution in [1.82, 2.24) is 9.97 Å². The highest BCUT2D eigenvalue weighted by molar-refractivity contribution is 5.89. The number of hydrogen-bond acceptors (Lipinski definition) is 5. The minimum Gasteiger partial charge on any atom is -0.438 e. The molecule has 0 aliphatic heterocycles. The maximum absolute atomic E-state index is 9.09. The number of nitrogens with zero attached hydrogens (tertiary/aromatic N) is 2. The van der Waals surface area contributed by atoms with Crippen molar-refractivity contribution < 1.29 is 9.52 Å². The second kappa shape index (κ2) is 5.93. The highest BCUT2D eigenvalue weighted by Gasteiger charge is 2.12. The van der Waals surface area contributed by atoms with Crippen molar-refractivity contribution in [1.29, 1.82) is 0 Å². The van der Waals surface area contributed by atoms with E-state index in [2.05, 4.69) is 15.3 Å². The van der Waals surface area contributed by atoms with Gasteiger partial charge in [0.2, 0.25) is 5.71 Å². The third-order valence-electron chi connectivity index (χ3n) is 3.32. The van der Waals surface area contributed by atoms with E-state index in [-0.39, 0.29) is 12.5 Å². The Labute approximate surface area is 122 Å². The van der Waals surface area contributed by atoms with Crippen molar-refractivity contribution in [3.63, 3.8) is 0 Å². The van der Waals surface area contributed by atoms with Crippen LogP contribution in [0.1, 0.15) is 6.92 Å². The normalized spacial score (nSPS) is 12.5. The average Bonchev–Trinajstić information content (AvgIpc) is 2.98. The van der Waals surface area contributed by atoms with Gasteiger partial charge in [-0.25, -0.2) is 9.97 Å². The van der Waals surface area contributed by atoms with Gasteiger partial charge < -0.3 is 14.8 Å². The second-order valence-electron chi connectivity index (χ2n) is 5.09. The van der Waals surface area contributed by atoms with Crippen LogP contribution in [0.25, 0.3) is 22.4 Å². The fourth-order valence-corrected chi connectivity index (χ4v) is 2.08. The predicted molar refractivity (Wildman–Crippen MR) is 82.0 cm³/mol. The molecular formula is C16H17N3O2. The largest absolute Gasteiger partial charge is 0.438 e. The molecule has 0 bridgehead atoms. The first-order chi connectivity index (χ1) is 10.3. The highest BCUT2D eigenvalue weighted by atomic mass is 16.3. The van der Waals surface area contributed by atoms with Gasteiger partial charge in [0, 0.05) is 18.7 Å². The molecule has 3 rings (SSSR count). The molecule has 0 radical (unpaired) electrons. The Bertz CT molecular complexity index is 725. The number of rotatable bonds is 5. The van der Waals surface area contributed by atoms with E-state index in [0.29, 0.717) is 12.3 Å². The maximum Gasteiger partial charge on any atom is 0.231 e. The Hall–Kier alpha value is -2.40. The lowest BCUT2D eigenvalue weighted by atomic mass is 10.1. The van der Waals surface area contributed by atoms with Gasteiger partial charge in [0.05, 0.1) is 5.39 Å². The van der Waals surface area contributed by atoms with Crippen LogP contribution in [-0.2, 0) is 0 Å². The van der Waals surface area contributed by atoms with E-state index < -0.39 is 0 Å². The molecule has 5 nitrogen and oxygen atoms in total. The van der Waals surface area contributed by atoms with Crippen LogP contribution in [0.3, 0.4) is 0 Å². The fourth-order valence-electron chi connectivity index (χ4n) is 2.08. The first kappa shape index (κ1) is 13.6. The van der Waals surface area contributed by atoms with Crippen molar-refractivity contribution in [2.45, 2.75) is 6.92 Å². The van der Waals surface area contributed by atoms with Gasteiger partial charge in [-0.05, 0) is 12.0 Å². The smallest absolute Gasteiger partial charge is 0.231 e. The molecule has 21 heavy (non-hydrogen) atoms. The quantitative estimate of drug-likeness (QED) is 0.753. The van der Waals surface area contributed by atoms with E-state index in [1.54, 1.807) is 0 Å². The predicted octanol–water partition coefficient (Wildman–Crippen LogP) is 2.93. The van der Waals surface area contributed by atoms with E-state index in [4.69, 9.17) is 9.52 Å². The van der Waals surface area contributed by atoms with Gasteiger partial charge >= 0.3 is 0 Å². The summed E-state index contributed by atoms with van der Waals surface area (Å²) in [5, 5.41) is 13.2. The number of hydrogen-bond donors (Lipinski definition) is 2. The van der Waals surface area contributed by atoms with Gasteiger partial charge in [-0.2, -0.15) is 0 Å². The third-order valence-corrected chi connectivity index (χ3v) is 3.32. The molecule has 108 valence electrons. The van der Waals surface area contributed by atoms with E-state index in [1.165, 1.54) is 6.33 Å². The summed E-state index contributed by atoms with van der Waals surface area (Å²) in [6.07, 6.45) is 1.48. The van der Waals surface area contributed by atoms with Crippen LogP contribution in [0, 0.1) is 5.92 Å². The average molecular weight is 283 g/mol. The molecule has 5 heteroatoms. The van der Waals surface area contributed by atoms with Crippen LogP contribution in [-0.4, -0.2) is 28.2 Å². The molecule has 3 aromatic rings. The van der Waals surface area contributed by atoms with E-state index >= 15 is 0 Å². The number of furan rings is 1. The molecule has 2 aromatic heterocycles. The van der Waals surface area contributed by atoms with Gasteiger partial charge in [0.25, 0.3) is 0 Å². The first-order valence-corrected chi connectivity index (χ1v) is 6.92. The summed E-state index contributed by atoms with van der Waals surface area (Å²) in [6.45, 7) is 2.76. The minimum absolute atomic E-state index is 0.141. The van der Waals surface area contributed by atoms with E-state index in [0.717, 1.165) is 22.5 Å². The molecule has 0 saturated carbocycles. The zero-order valence-corrected chi connectivity index (χ0v) is 11.8. The Morgan fingerprint density at radius 1 is 1.24 bits per heavy atom. The number of fused-ring (bicyclic) bond motifs is 1. The molecule has 0 aliphatic rings. The molecule has 0 fully saturated rings. The summed E-state index contributed by atoms with van der Waals surface area (Å²) in [7, 11) is 0. The molecule has 0 aliphatic carbocycles. The topological polar surface area (TPSA) is 71.2 Å². The Morgan fingerprint density at radius 2 is 2.05 bits per heavy atom. The van der Waals surface area contributed by atoms with Crippen molar-refractivity contribution in [3.8, 4) is 11.3 Å². The lowest BCUT2D eigenvalue weighted by Gasteiger charge is -2.09. The highest BCUT2D eigenvalue weighted by Crippen LogP contribution is 2.29. The SMILES string of the molecule is CC(CO)CNc1ncnc2oc(-c3ccccc3)cc12. The van der Waals surface area contributed by atoms with Crippen molar-refractivity contribution in [2.24, 2.45) is 5.92 Å². The van der Waals surface area contributed by atoms with Gasteiger partial charge in [-0.1, -0.05) is 37.3 Å².